The lowest BCUT2D eigenvalue weighted by Gasteiger charge is -2.33. The molecule has 3 rings (SSSR count). The van der Waals surface area contributed by atoms with Crippen LogP contribution in [0.3, 0.4) is 0 Å². The monoisotopic (exact) mass is 203 g/mol. The molecule has 0 bridgehead atoms. The van der Waals surface area contributed by atoms with Crippen molar-refractivity contribution < 1.29 is 9.59 Å². The molecule has 0 unspecified atom stereocenters. The third-order valence-electron chi connectivity index (χ3n) is 2.80. The second kappa shape index (κ2) is 2.87. The van der Waals surface area contributed by atoms with Crippen molar-refractivity contribution >= 4 is 11.8 Å². The number of nitrogens with one attached hydrogen (secondary N) is 1. The number of rotatable bonds is 1. The van der Waals surface area contributed by atoms with E-state index in [1.54, 1.807) is 12.1 Å². The van der Waals surface area contributed by atoms with Gasteiger partial charge in [0.05, 0.1) is 11.6 Å². The molecule has 3 heterocycles. The Morgan fingerprint density at radius 3 is 2.73 bits per heavy atom. The molecule has 5 nitrogen and oxygen atoms in total. The summed E-state index contributed by atoms with van der Waals surface area (Å²) < 4.78 is 0. The van der Waals surface area contributed by atoms with Gasteiger partial charge in [0.25, 0.3) is 11.8 Å². The maximum Gasteiger partial charge on any atom is 0.280 e. The lowest BCUT2D eigenvalue weighted by atomic mass is 10.1. The zero-order valence-corrected chi connectivity index (χ0v) is 7.93. The average Bonchev–Trinajstić information content (AvgIpc) is 2.42. The normalized spacial score (nSPS) is 20.4. The minimum Gasteiger partial charge on any atom is -0.313 e. The van der Waals surface area contributed by atoms with Gasteiger partial charge in [-0.05, 0) is 12.1 Å². The number of hydrogen-bond donors (Lipinski definition) is 1. The number of amides is 2. The summed E-state index contributed by atoms with van der Waals surface area (Å²) in [6, 6.07) is 3.32. The molecule has 5 heteroatoms. The van der Waals surface area contributed by atoms with Gasteiger partial charge in [0.2, 0.25) is 0 Å². The van der Waals surface area contributed by atoms with E-state index in [0.717, 1.165) is 0 Å². The third kappa shape index (κ3) is 1.04. The quantitative estimate of drug-likeness (QED) is 0.634. The lowest BCUT2D eigenvalue weighted by molar-refractivity contribution is 0.0532. The highest BCUT2D eigenvalue weighted by molar-refractivity contribution is 6.20. The van der Waals surface area contributed by atoms with Crippen LogP contribution in [0, 0.1) is 0 Å². The molecule has 0 radical (unpaired) electrons. The minimum atomic E-state index is -0.262. The standard InChI is InChI=1S/C10H9N3O2/c14-9-7-2-1-3-12-8(7)10(15)13(9)6-4-11-5-6/h1-3,6,11H,4-5H2. The molecule has 0 saturated carbocycles. The van der Waals surface area contributed by atoms with Crippen LogP contribution in [0.2, 0.25) is 0 Å². The Morgan fingerprint density at radius 1 is 1.33 bits per heavy atom. The zero-order valence-electron chi connectivity index (χ0n) is 7.93. The molecular formula is C10H9N3O2. The van der Waals surface area contributed by atoms with Gasteiger partial charge in [-0.2, -0.15) is 0 Å². The number of hydrogen-bond acceptors (Lipinski definition) is 4. The van der Waals surface area contributed by atoms with Crippen LogP contribution in [0.25, 0.3) is 0 Å². The van der Waals surface area contributed by atoms with E-state index in [2.05, 4.69) is 10.3 Å². The number of imide groups is 1. The van der Waals surface area contributed by atoms with E-state index < -0.39 is 0 Å². The van der Waals surface area contributed by atoms with Crippen molar-refractivity contribution in [2.75, 3.05) is 13.1 Å². The highest BCUT2D eigenvalue weighted by atomic mass is 16.2. The number of aromatic nitrogens is 1. The van der Waals surface area contributed by atoms with Crippen molar-refractivity contribution in [3.8, 4) is 0 Å². The molecule has 0 atom stereocenters. The van der Waals surface area contributed by atoms with Crippen molar-refractivity contribution in [3.63, 3.8) is 0 Å². The highest BCUT2D eigenvalue weighted by Gasteiger charge is 2.42. The first kappa shape index (κ1) is 8.55. The Hall–Kier alpha value is -1.75. The van der Waals surface area contributed by atoms with Crippen molar-refractivity contribution in [2.45, 2.75) is 6.04 Å². The highest BCUT2D eigenvalue weighted by Crippen LogP contribution is 2.23. The predicted octanol–water partition coefficient (Wildman–Crippen LogP) is -0.351. The largest absolute Gasteiger partial charge is 0.313 e. The van der Waals surface area contributed by atoms with Gasteiger partial charge in [0.1, 0.15) is 5.69 Å². The van der Waals surface area contributed by atoms with E-state index in [0.29, 0.717) is 18.7 Å². The van der Waals surface area contributed by atoms with E-state index in [9.17, 15) is 9.59 Å². The third-order valence-corrected chi connectivity index (χ3v) is 2.80. The summed E-state index contributed by atoms with van der Waals surface area (Å²) in [6.07, 6.45) is 1.53. The fourth-order valence-electron chi connectivity index (χ4n) is 1.87. The van der Waals surface area contributed by atoms with E-state index in [4.69, 9.17) is 0 Å². The number of pyridine rings is 1. The van der Waals surface area contributed by atoms with Crippen LogP contribution in [-0.2, 0) is 0 Å². The number of carbonyl (C=O) groups excluding carboxylic acids is 2. The first-order chi connectivity index (χ1) is 7.29. The summed E-state index contributed by atoms with van der Waals surface area (Å²) in [5, 5.41) is 3.04. The molecule has 0 aliphatic carbocycles. The first-order valence-corrected chi connectivity index (χ1v) is 4.82. The average molecular weight is 203 g/mol. The molecule has 1 aromatic rings. The molecule has 1 fully saturated rings. The zero-order chi connectivity index (χ0) is 10.4. The van der Waals surface area contributed by atoms with Crippen molar-refractivity contribution in [3.05, 3.63) is 29.6 Å². The van der Waals surface area contributed by atoms with Crippen LogP contribution in [-0.4, -0.2) is 40.8 Å². The smallest absolute Gasteiger partial charge is 0.280 e. The second-order valence-corrected chi connectivity index (χ2v) is 3.69. The molecule has 2 amide bonds. The molecule has 76 valence electrons. The topological polar surface area (TPSA) is 62.3 Å². The summed E-state index contributed by atoms with van der Waals surface area (Å²) in [5.74, 6) is -0.475. The summed E-state index contributed by atoms with van der Waals surface area (Å²) in [6.45, 7) is 1.37. The van der Waals surface area contributed by atoms with Gasteiger partial charge in [-0.25, -0.2) is 0 Å². The molecule has 1 N–H and O–H groups in total. The van der Waals surface area contributed by atoms with Crippen LogP contribution in [0.15, 0.2) is 18.3 Å². The Bertz CT molecular complexity index is 419. The molecule has 0 aromatic carbocycles. The van der Waals surface area contributed by atoms with E-state index >= 15 is 0 Å². The summed E-state index contributed by atoms with van der Waals surface area (Å²) in [7, 11) is 0. The number of nitrogens with zero attached hydrogens (tertiary/aromatic N) is 2. The molecule has 0 spiro atoms. The van der Waals surface area contributed by atoms with Crippen molar-refractivity contribution in [2.24, 2.45) is 0 Å². The fraction of sp³-hybridized carbons (Fsp3) is 0.300. The minimum absolute atomic E-state index is 0.000741. The van der Waals surface area contributed by atoms with Crippen LogP contribution >= 0.6 is 0 Å². The fourth-order valence-corrected chi connectivity index (χ4v) is 1.87. The Morgan fingerprint density at radius 2 is 2.13 bits per heavy atom. The van der Waals surface area contributed by atoms with Crippen LogP contribution in [0.5, 0.6) is 0 Å². The predicted molar refractivity (Wildman–Crippen MR) is 51.4 cm³/mol. The van der Waals surface area contributed by atoms with Gasteiger partial charge in [-0.15, -0.1) is 0 Å². The second-order valence-electron chi connectivity index (χ2n) is 3.69. The summed E-state index contributed by atoms with van der Waals surface area (Å²) >= 11 is 0. The van der Waals surface area contributed by atoms with Gasteiger partial charge >= 0.3 is 0 Å². The lowest BCUT2D eigenvalue weighted by Crippen LogP contribution is -2.58. The van der Waals surface area contributed by atoms with Gasteiger partial charge in [0.15, 0.2) is 0 Å². The van der Waals surface area contributed by atoms with Gasteiger partial charge in [-0.3, -0.25) is 19.5 Å². The molecular weight excluding hydrogens is 194 g/mol. The van der Waals surface area contributed by atoms with E-state index in [-0.39, 0.29) is 23.6 Å². The van der Waals surface area contributed by atoms with Crippen molar-refractivity contribution in [1.29, 1.82) is 0 Å². The van der Waals surface area contributed by atoms with Crippen LogP contribution in [0.4, 0.5) is 0 Å². The van der Waals surface area contributed by atoms with Gasteiger partial charge in [-0.1, -0.05) is 0 Å². The molecule has 2 aliphatic rings. The van der Waals surface area contributed by atoms with Gasteiger partial charge < -0.3 is 5.32 Å². The number of fused-ring (bicyclic) bond motifs is 1. The summed E-state index contributed by atoms with van der Waals surface area (Å²) in [4.78, 5) is 29.0. The van der Waals surface area contributed by atoms with Crippen LogP contribution in [0.1, 0.15) is 20.8 Å². The Balaban J connectivity index is 2.04. The molecule has 1 aromatic heterocycles. The number of carbonyl (C=O) groups is 2. The van der Waals surface area contributed by atoms with E-state index in [1.165, 1.54) is 11.1 Å². The summed E-state index contributed by atoms with van der Waals surface area (Å²) in [5.41, 5.74) is 0.712. The maximum atomic E-state index is 11.9. The molecule has 2 aliphatic heterocycles. The van der Waals surface area contributed by atoms with E-state index in [1.807, 2.05) is 0 Å². The van der Waals surface area contributed by atoms with Crippen LogP contribution < -0.4 is 5.32 Å². The maximum absolute atomic E-state index is 11.9. The Labute approximate surface area is 86.1 Å². The molecule has 1 saturated heterocycles. The molecule has 15 heavy (non-hydrogen) atoms. The van der Waals surface area contributed by atoms with Gasteiger partial charge in [0, 0.05) is 19.3 Å². The van der Waals surface area contributed by atoms with Crippen molar-refractivity contribution in [1.82, 2.24) is 15.2 Å². The SMILES string of the molecule is O=C1c2cccnc2C(=O)N1C1CNC1. The first-order valence-electron chi connectivity index (χ1n) is 4.82. The Kier molecular flexibility index (Phi) is 1.63.